The maximum absolute atomic E-state index is 14.0. The van der Waals surface area contributed by atoms with E-state index in [-0.39, 0.29) is 40.1 Å². The van der Waals surface area contributed by atoms with Gasteiger partial charge in [0.2, 0.25) is 5.75 Å². The molecule has 1 aromatic heterocycles. The van der Waals surface area contributed by atoms with E-state index in [9.17, 15) is 22.2 Å². The number of aryl methyl sites for hydroxylation is 1. The van der Waals surface area contributed by atoms with E-state index in [0.29, 0.717) is 28.0 Å². The first-order valence-corrected chi connectivity index (χ1v) is 16.0. The van der Waals surface area contributed by atoms with Crippen molar-refractivity contribution < 1.29 is 31.3 Å². The third-order valence-electron chi connectivity index (χ3n) is 8.04. The van der Waals surface area contributed by atoms with Crippen molar-refractivity contribution >= 4 is 21.1 Å². The molecule has 232 valence electrons. The highest BCUT2D eigenvalue weighted by atomic mass is 32.2. The number of hydrogen-bond donors (Lipinski definition) is 1. The summed E-state index contributed by atoms with van der Waals surface area (Å²) in [7, 11) is -2.49. The second kappa shape index (κ2) is 12.5. The van der Waals surface area contributed by atoms with Crippen LogP contribution in [0.3, 0.4) is 0 Å². The molecule has 1 fully saturated rings. The lowest BCUT2D eigenvalue weighted by atomic mass is 9.95. The molecule has 4 aromatic carbocycles. The highest BCUT2D eigenvalue weighted by Gasteiger charge is 2.27. The Bertz CT molecular complexity index is 2020. The molecule has 0 spiro atoms. The molecule has 0 radical (unpaired) electrons. The smallest absolute Gasteiger partial charge is 0.294 e. The van der Waals surface area contributed by atoms with Crippen LogP contribution in [0.25, 0.3) is 33.4 Å². The molecule has 0 amide bonds. The number of likely N-dealkylation sites (tertiary alicyclic amines) is 1. The predicted molar refractivity (Wildman–Crippen MR) is 170 cm³/mol. The summed E-state index contributed by atoms with van der Waals surface area (Å²) in [6.07, 6.45) is 1.31. The van der Waals surface area contributed by atoms with Crippen LogP contribution in [0.5, 0.6) is 11.5 Å². The number of benzene rings is 4. The summed E-state index contributed by atoms with van der Waals surface area (Å²) < 4.78 is 67.3. The average Bonchev–Trinajstić information content (AvgIpc) is 3.02. The minimum Gasteiger partial charge on any atom is -0.485 e. The van der Waals surface area contributed by atoms with Gasteiger partial charge < -0.3 is 18.8 Å². The fraction of sp³-hybridized carbons (Fsp3) is 0.229. The van der Waals surface area contributed by atoms with Crippen LogP contribution in [0, 0.1) is 12.7 Å². The van der Waals surface area contributed by atoms with Gasteiger partial charge in [0.15, 0.2) is 16.8 Å². The van der Waals surface area contributed by atoms with Gasteiger partial charge in [-0.05, 0) is 86.0 Å². The van der Waals surface area contributed by atoms with Gasteiger partial charge >= 0.3 is 0 Å². The van der Waals surface area contributed by atoms with Crippen molar-refractivity contribution in [1.82, 2.24) is 4.90 Å². The first-order valence-electron chi connectivity index (χ1n) is 14.6. The first-order chi connectivity index (χ1) is 21.6. The molecule has 10 heteroatoms. The number of ether oxygens (including phenoxy) is 2. The van der Waals surface area contributed by atoms with E-state index in [1.165, 1.54) is 42.5 Å². The molecular formula is C35H32FNO7S. The lowest BCUT2D eigenvalue weighted by molar-refractivity contribution is 0.110. The topological polar surface area (TPSA) is 106 Å². The Labute approximate surface area is 260 Å². The quantitative estimate of drug-likeness (QED) is 0.185. The van der Waals surface area contributed by atoms with Gasteiger partial charge in [-0.25, -0.2) is 4.39 Å². The normalized spacial score (nSPS) is 14.5. The minimum atomic E-state index is -4.54. The Morgan fingerprint density at radius 1 is 0.956 bits per heavy atom. The Balaban J connectivity index is 1.62. The summed E-state index contributed by atoms with van der Waals surface area (Å²) in [5.74, 6) is 0.330. The van der Waals surface area contributed by atoms with Gasteiger partial charge in [0.05, 0.1) is 10.3 Å². The molecule has 0 bridgehead atoms. The van der Waals surface area contributed by atoms with Crippen LogP contribution in [0.4, 0.5) is 4.39 Å². The van der Waals surface area contributed by atoms with Crippen molar-refractivity contribution in [3.05, 3.63) is 112 Å². The third-order valence-corrected chi connectivity index (χ3v) is 8.89. The maximum Gasteiger partial charge on any atom is 0.294 e. The monoisotopic (exact) mass is 629 g/mol. The van der Waals surface area contributed by atoms with E-state index in [1.54, 1.807) is 19.1 Å². The van der Waals surface area contributed by atoms with E-state index < -0.39 is 21.4 Å². The summed E-state index contributed by atoms with van der Waals surface area (Å²) >= 11 is 0. The first kappa shape index (κ1) is 30.5. The Morgan fingerprint density at radius 2 is 1.67 bits per heavy atom. The highest BCUT2D eigenvalue weighted by molar-refractivity contribution is 7.85. The van der Waals surface area contributed by atoms with Crippen LogP contribution >= 0.6 is 0 Å². The summed E-state index contributed by atoms with van der Waals surface area (Å²) in [4.78, 5) is 15.9. The van der Waals surface area contributed by atoms with Crippen molar-refractivity contribution in [3.63, 3.8) is 0 Å². The molecule has 45 heavy (non-hydrogen) atoms. The van der Waals surface area contributed by atoms with E-state index in [1.807, 2.05) is 37.4 Å². The molecule has 1 aliphatic rings. The molecule has 0 atom stereocenters. The van der Waals surface area contributed by atoms with Gasteiger partial charge in [0.25, 0.3) is 10.1 Å². The van der Waals surface area contributed by atoms with Crippen molar-refractivity contribution in [2.45, 2.75) is 37.4 Å². The lowest BCUT2D eigenvalue weighted by Crippen LogP contribution is -2.35. The zero-order valence-corrected chi connectivity index (χ0v) is 25.6. The second-order valence-corrected chi connectivity index (χ2v) is 12.7. The number of piperidine rings is 1. The van der Waals surface area contributed by atoms with Gasteiger partial charge in [0, 0.05) is 30.3 Å². The van der Waals surface area contributed by atoms with Crippen LogP contribution in [-0.2, 0) is 16.7 Å². The van der Waals surface area contributed by atoms with Crippen molar-refractivity contribution in [3.8, 4) is 33.9 Å². The molecule has 1 aliphatic heterocycles. The van der Waals surface area contributed by atoms with Gasteiger partial charge in [0.1, 0.15) is 24.3 Å². The zero-order chi connectivity index (χ0) is 31.7. The van der Waals surface area contributed by atoms with Gasteiger partial charge in [-0.2, -0.15) is 8.42 Å². The molecule has 0 unspecified atom stereocenters. The standard InChI is InChI=1S/C35H32FNO7S/c1-22-8-13-27(45(39,40)41)18-28(22)29-19-32(42-21-23-6-4-3-5-7-23)34(43-26-14-16-37(2)17-15-26)35-33(29)30(38)20-31(44-35)24-9-11-25(36)12-10-24/h3-13,18-20,26H,14-17,21H2,1-2H3,(H,39,40,41). The van der Waals surface area contributed by atoms with E-state index in [4.69, 9.17) is 13.9 Å². The van der Waals surface area contributed by atoms with Crippen molar-refractivity contribution in [2.24, 2.45) is 0 Å². The van der Waals surface area contributed by atoms with E-state index in [2.05, 4.69) is 4.90 Å². The number of halogens is 1. The van der Waals surface area contributed by atoms with Crippen LogP contribution in [0.2, 0.25) is 0 Å². The minimum absolute atomic E-state index is 0.123. The van der Waals surface area contributed by atoms with E-state index in [0.717, 1.165) is 31.5 Å². The third kappa shape index (κ3) is 6.63. The number of hydrogen-bond acceptors (Lipinski definition) is 7. The average molecular weight is 630 g/mol. The molecule has 2 heterocycles. The van der Waals surface area contributed by atoms with Crippen molar-refractivity contribution in [1.29, 1.82) is 0 Å². The molecular weight excluding hydrogens is 597 g/mol. The number of rotatable bonds is 8. The molecule has 0 saturated carbocycles. The Morgan fingerprint density at radius 3 is 2.36 bits per heavy atom. The molecule has 1 saturated heterocycles. The molecule has 8 nitrogen and oxygen atoms in total. The SMILES string of the molecule is Cc1ccc(S(=O)(=O)O)cc1-c1cc(OCc2ccccc2)c(OC2CCN(C)CC2)c2oc(-c3ccc(F)cc3)cc(=O)c12. The van der Waals surface area contributed by atoms with Gasteiger partial charge in [-0.1, -0.05) is 36.4 Å². The lowest BCUT2D eigenvalue weighted by Gasteiger charge is -2.30. The van der Waals surface area contributed by atoms with Crippen LogP contribution in [-0.4, -0.2) is 44.1 Å². The largest absolute Gasteiger partial charge is 0.485 e. The predicted octanol–water partition coefficient (Wildman–Crippen LogP) is 6.87. The molecule has 1 N–H and O–H groups in total. The fourth-order valence-corrected chi connectivity index (χ4v) is 6.04. The zero-order valence-electron chi connectivity index (χ0n) is 24.8. The van der Waals surface area contributed by atoms with E-state index >= 15 is 0 Å². The second-order valence-electron chi connectivity index (χ2n) is 11.3. The molecule has 0 aliphatic carbocycles. The van der Waals surface area contributed by atoms with Gasteiger partial charge in [-0.3, -0.25) is 9.35 Å². The van der Waals surface area contributed by atoms with Gasteiger partial charge in [-0.15, -0.1) is 0 Å². The fourth-order valence-electron chi connectivity index (χ4n) is 5.53. The number of nitrogens with zero attached hydrogens (tertiary/aromatic N) is 1. The highest BCUT2D eigenvalue weighted by Crippen LogP contribution is 2.44. The maximum atomic E-state index is 14.0. The van der Waals surface area contributed by atoms with Crippen LogP contribution < -0.4 is 14.9 Å². The molecule has 6 rings (SSSR count). The Kier molecular flexibility index (Phi) is 8.46. The summed E-state index contributed by atoms with van der Waals surface area (Å²) in [5, 5.41) is 0.159. The molecule has 5 aromatic rings. The summed E-state index contributed by atoms with van der Waals surface area (Å²) in [6, 6.07) is 22.3. The Hall–Kier alpha value is -4.51. The number of fused-ring (bicyclic) bond motifs is 1. The summed E-state index contributed by atoms with van der Waals surface area (Å²) in [5.41, 5.74) is 2.50. The van der Waals surface area contributed by atoms with Crippen LogP contribution in [0.1, 0.15) is 24.0 Å². The van der Waals surface area contributed by atoms with Crippen LogP contribution in [0.15, 0.2) is 99.0 Å². The summed E-state index contributed by atoms with van der Waals surface area (Å²) in [6.45, 7) is 3.61. The van der Waals surface area contributed by atoms with Crippen molar-refractivity contribution in [2.75, 3.05) is 20.1 Å².